The molecule has 0 aromatic carbocycles. The molecule has 7 heavy (non-hydrogen) atoms. The Balaban J connectivity index is 3.35. The van der Waals surface area contributed by atoms with Crippen LogP contribution in [0.1, 0.15) is 6.92 Å². The third kappa shape index (κ3) is 2.98. The van der Waals surface area contributed by atoms with Gasteiger partial charge in [0.25, 0.3) is 0 Å². The first-order valence-corrected chi connectivity index (χ1v) is 3.60. The second kappa shape index (κ2) is 3.37. The summed E-state index contributed by atoms with van der Waals surface area (Å²) in [4.78, 5) is 10.1. The van der Waals surface area contributed by atoms with E-state index in [1.165, 1.54) is 6.92 Å². The fourth-order valence-electron chi connectivity index (χ4n) is 0.0985. The van der Waals surface area contributed by atoms with Gasteiger partial charge in [0.05, 0.1) is 0 Å². The molecule has 0 aromatic heterocycles. The van der Waals surface area contributed by atoms with Crippen LogP contribution < -0.4 is 0 Å². The number of carbonyl (C=O) groups excluding carboxylic acids is 1. The Labute approximate surface area is 58.0 Å². The molecular formula is C3H6O3Pb. The first-order valence-electron chi connectivity index (χ1n) is 1.77. The maximum atomic E-state index is 10.1. The fraction of sp³-hybridized carbons (Fsp3) is 0.667. The molecular weight excluding hydrogens is 291 g/mol. The van der Waals surface area contributed by atoms with E-state index >= 15 is 0 Å². The van der Waals surface area contributed by atoms with Crippen LogP contribution in [0.15, 0.2) is 0 Å². The number of hydrogen-bond donors (Lipinski definition) is 1. The standard InChI is InChI=1S/C3H6O3.Pb.H/c1-2(4)3(5)6;;/h2,4H,1H3,(H,5,6);;/q;+1;/p-1. The quantitative estimate of drug-likeness (QED) is 0.614. The van der Waals surface area contributed by atoms with Crippen molar-refractivity contribution in [3.63, 3.8) is 0 Å². The van der Waals surface area contributed by atoms with E-state index in [1.807, 2.05) is 0 Å². The van der Waals surface area contributed by atoms with Crippen molar-refractivity contribution in [3.05, 3.63) is 0 Å². The summed E-state index contributed by atoms with van der Waals surface area (Å²) in [5, 5.41) is 8.37. The fourth-order valence-corrected chi connectivity index (χ4v) is 0.864. The molecule has 0 amide bonds. The Morgan fingerprint density at radius 1 is 2.00 bits per heavy atom. The van der Waals surface area contributed by atoms with E-state index in [1.54, 1.807) is 0 Å². The SMILES string of the molecule is CC(O)C(=O)[O][PbH]. The van der Waals surface area contributed by atoms with Crippen LogP contribution in [-0.4, -0.2) is 43.4 Å². The normalized spacial score (nSPS) is 13.0. The van der Waals surface area contributed by atoms with Crippen molar-refractivity contribution in [3.8, 4) is 0 Å². The van der Waals surface area contributed by atoms with E-state index in [2.05, 4.69) is 2.69 Å². The van der Waals surface area contributed by atoms with Crippen molar-refractivity contribution in [2.24, 2.45) is 0 Å². The van der Waals surface area contributed by atoms with Crippen LogP contribution in [0.4, 0.5) is 0 Å². The maximum absolute atomic E-state index is 10.1. The van der Waals surface area contributed by atoms with Crippen LogP contribution in [0.2, 0.25) is 0 Å². The molecule has 0 aliphatic rings. The Bertz CT molecular complexity index is 70.6. The van der Waals surface area contributed by atoms with Gasteiger partial charge in [0.15, 0.2) is 0 Å². The molecule has 0 saturated heterocycles. The number of rotatable bonds is 1. The summed E-state index contributed by atoms with van der Waals surface area (Å²) in [5.41, 5.74) is 0. The molecule has 3 nitrogen and oxygen atoms in total. The van der Waals surface area contributed by atoms with Crippen LogP contribution >= 0.6 is 0 Å². The Morgan fingerprint density at radius 3 is 2.43 bits per heavy atom. The average Bonchev–Trinajstić information content (AvgIpc) is 1.65. The van der Waals surface area contributed by atoms with E-state index < -0.39 is 12.1 Å². The van der Waals surface area contributed by atoms with Gasteiger partial charge in [0, 0.05) is 0 Å². The third-order valence-electron chi connectivity index (χ3n) is 0.457. The van der Waals surface area contributed by atoms with Crippen LogP contribution in [0.25, 0.3) is 0 Å². The molecule has 1 unspecified atom stereocenters. The van der Waals surface area contributed by atoms with Crippen LogP contribution in [0.5, 0.6) is 0 Å². The molecule has 4 heteroatoms. The van der Waals surface area contributed by atoms with Gasteiger partial charge in [0.2, 0.25) is 0 Å². The van der Waals surface area contributed by atoms with E-state index in [9.17, 15) is 4.79 Å². The molecule has 0 aliphatic heterocycles. The Hall–Kier alpha value is 0.352. The van der Waals surface area contributed by atoms with Crippen LogP contribution in [-0.2, 0) is 7.48 Å². The third-order valence-corrected chi connectivity index (χ3v) is 1.36. The predicted molar refractivity (Wildman–Crippen MR) is 24.9 cm³/mol. The topological polar surface area (TPSA) is 46.5 Å². The molecule has 40 valence electrons. The molecule has 0 spiro atoms. The summed E-state index contributed by atoms with van der Waals surface area (Å²) in [6.07, 6.45) is -0.954. The number of hydrogen-bond acceptors (Lipinski definition) is 3. The van der Waals surface area contributed by atoms with Crippen molar-refractivity contribution in [2.45, 2.75) is 13.0 Å². The number of aliphatic hydroxyl groups is 1. The molecule has 0 bridgehead atoms. The zero-order chi connectivity index (χ0) is 5.86. The van der Waals surface area contributed by atoms with Crippen molar-refractivity contribution < 1.29 is 12.6 Å². The summed E-state index contributed by atoms with van der Waals surface area (Å²) < 4.78 is 4.29. The second-order valence-corrected chi connectivity index (χ2v) is 2.03. The van der Waals surface area contributed by atoms with E-state index in [0.717, 1.165) is 0 Å². The van der Waals surface area contributed by atoms with E-state index in [4.69, 9.17) is 5.11 Å². The van der Waals surface area contributed by atoms with Crippen LogP contribution in [0, 0.1) is 0 Å². The van der Waals surface area contributed by atoms with Gasteiger partial charge in [-0.05, 0) is 0 Å². The molecule has 1 N–H and O–H groups in total. The average molecular weight is 297 g/mol. The van der Waals surface area contributed by atoms with Gasteiger partial charge in [-0.15, -0.1) is 0 Å². The molecule has 0 aliphatic carbocycles. The summed E-state index contributed by atoms with van der Waals surface area (Å²) in [5.74, 6) is -0.523. The second-order valence-electron chi connectivity index (χ2n) is 1.11. The Kier molecular flexibility index (Phi) is 3.54. The van der Waals surface area contributed by atoms with Crippen molar-refractivity contribution in [1.82, 2.24) is 0 Å². The minimum atomic E-state index is -0.954. The molecule has 1 atom stereocenters. The van der Waals surface area contributed by atoms with E-state index in [0.29, 0.717) is 0 Å². The molecule has 2 radical (unpaired) electrons. The van der Waals surface area contributed by atoms with Gasteiger partial charge >= 0.3 is 57.8 Å². The monoisotopic (exact) mass is 298 g/mol. The van der Waals surface area contributed by atoms with Gasteiger partial charge in [-0.3, -0.25) is 0 Å². The first kappa shape index (κ1) is 7.35. The van der Waals surface area contributed by atoms with Crippen molar-refractivity contribution >= 4 is 32.2 Å². The van der Waals surface area contributed by atoms with E-state index in [-0.39, 0.29) is 26.2 Å². The number of aliphatic hydroxyl groups excluding tert-OH is 1. The predicted octanol–water partition coefficient (Wildman–Crippen LogP) is -1.27. The molecule has 0 rings (SSSR count). The van der Waals surface area contributed by atoms with Gasteiger partial charge in [-0.1, -0.05) is 0 Å². The summed E-state index contributed by atoms with van der Waals surface area (Å²) in [7, 11) is 0. The van der Waals surface area contributed by atoms with Gasteiger partial charge < -0.3 is 0 Å². The zero-order valence-corrected chi connectivity index (χ0v) is 8.41. The number of carbonyl (C=O) groups is 1. The first-order chi connectivity index (χ1) is 3.18. The molecule has 0 heterocycles. The zero-order valence-electron chi connectivity index (χ0n) is 3.92. The van der Waals surface area contributed by atoms with Crippen molar-refractivity contribution in [2.75, 3.05) is 0 Å². The van der Waals surface area contributed by atoms with Crippen molar-refractivity contribution in [1.29, 1.82) is 0 Å². The molecule has 0 aromatic rings. The van der Waals surface area contributed by atoms with Crippen LogP contribution in [0.3, 0.4) is 0 Å². The minimum absolute atomic E-state index is 0.187. The van der Waals surface area contributed by atoms with Gasteiger partial charge in [-0.2, -0.15) is 0 Å². The Morgan fingerprint density at radius 2 is 2.43 bits per heavy atom. The summed E-state index contributed by atoms with van der Waals surface area (Å²) in [6.45, 7) is 1.38. The van der Waals surface area contributed by atoms with Gasteiger partial charge in [-0.25, -0.2) is 0 Å². The molecule has 0 fully saturated rings. The summed E-state index contributed by atoms with van der Waals surface area (Å²) >= 11 is 0.187. The van der Waals surface area contributed by atoms with Gasteiger partial charge in [0.1, 0.15) is 0 Å². The summed E-state index contributed by atoms with van der Waals surface area (Å²) in [6, 6.07) is 0. The molecule has 0 saturated carbocycles.